The van der Waals surface area contributed by atoms with Crippen LogP contribution >= 0.6 is 57.4 Å². The fraction of sp³-hybridized carbons (Fsp3) is 0.875. The molecule has 0 aromatic rings. The molecule has 6 heteroatoms. The van der Waals surface area contributed by atoms with Gasteiger partial charge in [-0.15, -0.1) is 0 Å². The Bertz CT molecular complexity index is 170. The lowest BCUT2D eigenvalue weighted by atomic mass is 10.2. The molecule has 0 aliphatic carbocycles. The summed E-state index contributed by atoms with van der Waals surface area (Å²) in [5.41, 5.74) is 0. The molecule has 2 nitrogen and oxygen atoms in total. The number of esters is 1. The highest BCUT2D eigenvalue weighted by atomic mass is 127. The summed E-state index contributed by atoms with van der Waals surface area (Å²) < 4.78 is 4.36. The third-order valence-corrected chi connectivity index (χ3v) is 2.50. The van der Waals surface area contributed by atoms with Crippen molar-refractivity contribution in [2.75, 3.05) is 11.0 Å². The van der Waals surface area contributed by atoms with Crippen LogP contribution in [0.2, 0.25) is 0 Å². The minimum atomic E-state index is -1.50. The summed E-state index contributed by atoms with van der Waals surface area (Å²) in [6.45, 7) is -0.178. The second-order valence-electron chi connectivity index (χ2n) is 2.78. The van der Waals surface area contributed by atoms with Gasteiger partial charge in [-0.2, -0.15) is 0 Å². The van der Waals surface area contributed by atoms with E-state index in [0.29, 0.717) is 6.42 Å². The van der Waals surface area contributed by atoms with Crippen LogP contribution < -0.4 is 0 Å². The van der Waals surface area contributed by atoms with Gasteiger partial charge in [0.1, 0.15) is 6.61 Å². The van der Waals surface area contributed by atoms with E-state index in [1.54, 1.807) is 0 Å². The number of alkyl halides is 4. The van der Waals surface area contributed by atoms with Crippen molar-refractivity contribution in [2.24, 2.45) is 0 Å². The average molecular weight is 373 g/mol. The third kappa shape index (κ3) is 11.1. The molecule has 0 saturated carbocycles. The van der Waals surface area contributed by atoms with Gasteiger partial charge in [-0.05, 0) is 17.3 Å². The fourth-order valence-electron chi connectivity index (χ4n) is 0.775. The molecule has 0 amide bonds. The van der Waals surface area contributed by atoms with Crippen LogP contribution in [-0.2, 0) is 9.53 Å². The van der Waals surface area contributed by atoms with Gasteiger partial charge in [0.2, 0.25) is 3.79 Å². The van der Waals surface area contributed by atoms with E-state index in [-0.39, 0.29) is 12.6 Å². The molecule has 0 fully saturated rings. The topological polar surface area (TPSA) is 26.3 Å². The van der Waals surface area contributed by atoms with Gasteiger partial charge in [0.15, 0.2) is 0 Å². The van der Waals surface area contributed by atoms with Crippen molar-refractivity contribution in [3.8, 4) is 0 Å². The Morgan fingerprint density at radius 3 is 2.36 bits per heavy atom. The predicted octanol–water partition coefficient (Wildman–Crippen LogP) is 3.90. The molecule has 0 N–H and O–H groups in total. The Hall–Kier alpha value is 1.07. The van der Waals surface area contributed by atoms with E-state index in [4.69, 9.17) is 39.5 Å². The van der Waals surface area contributed by atoms with Crippen molar-refractivity contribution >= 4 is 63.4 Å². The summed E-state index contributed by atoms with van der Waals surface area (Å²) in [6.07, 6.45) is 3.39. The van der Waals surface area contributed by atoms with Gasteiger partial charge < -0.3 is 4.74 Å². The van der Waals surface area contributed by atoms with E-state index < -0.39 is 3.79 Å². The van der Waals surface area contributed by atoms with Gasteiger partial charge in [-0.1, -0.05) is 63.8 Å². The lowest BCUT2D eigenvalue weighted by Crippen LogP contribution is -2.17. The average Bonchev–Trinajstić information content (AvgIpc) is 2.08. The van der Waals surface area contributed by atoms with Gasteiger partial charge in [-0.3, -0.25) is 4.79 Å². The first kappa shape index (κ1) is 15.1. The molecule has 14 heavy (non-hydrogen) atoms. The fourth-order valence-corrected chi connectivity index (χ4v) is 1.48. The van der Waals surface area contributed by atoms with Crippen molar-refractivity contribution in [2.45, 2.75) is 29.5 Å². The molecular weight excluding hydrogens is 361 g/mol. The molecule has 0 rings (SSSR count). The number of hydrogen-bond acceptors (Lipinski definition) is 2. The van der Waals surface area contributed by atoms with E-state index in [0.717, 1.165) is 23.7 Å². The second kappa shape index (κ2) is 8.25. The van der Waals surface area contributed by atoms with Gasteiger partial charge in [0.05, 0.1) is 0 Å². The normalized spacial score (nSPS) is 11.4. The highest BCUT2D eigenvalue weighted by Gasteiger charge is 2.21. The van der Waals surface area contributed by atoms with Gasteiger partial charge in [0.25, 0.3) is 0 Å². The number of carbonyl (C=O) groups excluding carboxylic acids is 1. The van der Waals surface area contributed by atoms with Crippen molar-refractivity contribution < 1.29 is 9.53 Å². The molecule has 0 atom stereocenters. The molecule has 0 aromatic carbocycles. The predicted molar refractivity (Wildman–Crippen MR) is 68.6 cm³/mol. The number of unbranched alkanes of at least 4 members (excludes halogenated alkanes) is 2. The van der Waals surface area contributed by atoms with E-state index in [1.165, 1.54) is 0 Å². The highest BCUT2D eigenvalue weighted by Crippen LogP contribution is 2.26. The maximum atomic E-state index is 11.1. The molecule has 0 unspecified atom stereocenters. The highest BCUT2D eigenvalue weighted by molar-refractivity contribution is 14.1. The molecule has 0 aromatic heterocycles. The van der Waals surface area contributed by atoms with E-state index in [2.05, 4.69) is 22.6 Å². The monoisotopic (exact) mass is 372 g/mol. The van der Waals surface area contributed by atoms with Crippen LogP contribution in [0.5, 0.6) is 0 Å². The van der Waals surface area contributed by atoms with Crippen LogP contribution in [0.4, 0.5) is 0 Å². The van der Waals surface area contributed by atoms with Crippen LogP contribution in [0, 0.1) is 0 Å². The molecule has 0 radical (unpaired) electrons. The summed E-state index contributed by atoms with van der Waals surface area (Å²) >= 11 is 18.5. The molecule has 0 saturated heterocycles. The largest absolute Gasteiger partial charge is 0.461 e. The third-order valence-electron chi connectivity index (χ3n) is 1.41. The molecule has 0 aliphatic heterocycles. The number of hydrogen-bond donors (Lipinski definition) is 0. The van der Waals surface area contributed by atoms with Crippen molar-refractivity contribution in [1.29, 1.82) is 0 Å². The lowest BCUT2D eigenvalue weighted by molar-refractivity contribution is -0.143. The van der Waals surface area contributed by atoms with Crippen LogP contribution in [0.3, 0.4) is 0 Å². The Balaban J connectivity index is 3.38. The van der Waals surface area contributed by atoms with Crippen LogP contribution in [0.25, 0.3) is 0 Å². The number of carbonyl (C=O) groups is 1. The number of ether oxygens (including phenoxy) is 1. The zero-order valence-electron chi connectivity index (χ0n) is 7.57. The van der Waals surface area contributed by atoms with Gasteiger partial charge in [0, 0.05) is 6.42 Å². The Kier molecular flexibility index (Phi) is 8.88. The molecule has 0 aliphatic rings. The van der Waals surface area contributed by atoms with E-state index >= 15 is 0 Å². The number of rotatable bonds is 6. The summed E-state index contributed by atoms with van der Waals surface area (Å²) in [5, 5.41) is 0. The molecule has 0 spiro atoms. The minimum absolute atomic E-state index is 0.178. The van der Waals surface area contributed by atoms with E-state index in [9.17, 15) is 4.79 Å². The number of halogens is 4. The second-order valence-corrected chi connectivity index (χ2v) is 6.37. The first-order valence-corrected chi connectivity index (χ1v) is 6.90. The zero-order valence-corrected chi connectivity index (χ0v) is 12.0. The van der Waals surface area contributed by atoms with Crippen molar-refractivity contribution in [1.82, 2.24) is 0 Å². The summed E-state index contributed by atoms with van der Waals surface area (Å²) in [7, 11) is 0. The quantitative estimate of drug-likeness (QED) is 0.306. The van der Waals surface area contributed by atoms with Crippen LogP contribution in [0.15, 0.2) is 0 Å². The molecule has 0 heterocycles. The van der Waals surface area contributed by atoms with Crippen LogP contribution in [-0.4, -0.2) is 20.8 Å². The first-order valence-electron chi connectivity index (χ1n) is 4.24. The maximum Gasteiger partial charge on any atom is 0.305 e. The lowest BCUT2D eigenvalue weighted by Gasteiger charge is -2.10. The zero-order chi connectivity index (χ0) is 11.0. The summed E-state index contributed by atoms with van der Waals surface area (Å²) in [6, 6.07) is 0. The molecular formula is C8H12Cl3IO2. The van der Waals surface area contributed by atoms with Gasteiger partial charge in [-0.25, -0.2) is 0 Å². The van der Waals surface area contributed by atoms with Crippen LogP contribution in [0.1, 0.15) is 25.7 Å². The summed E-state index contributed by atoms with van der Waals surface area (Å²) in [4.78, 5) is 11.1. The Morgan fingerprint density at radius 2 is 1.86 bits per heavy atom. The SMILES string of the molecule is O=C(CCCCCI)OCC(Cl)(Cl)Cl. The molecule has 0 bridgehead atoms. The van der Waals surface area contributed by atoms with E-state index in [1.807, 2.05) is 0 Å². The smallest absolute Gasteiger partial charge is 0.305 e. The van der Waals surface area contributed by atoms with Gasteiger partial charge >= 0.3 is 5.97 Å². The molecule has 84 valence electrons. The first-order chi connectivity index (χ1) is 6.45. The standard InChI is InChI=1S/C8H12Cl3IO2/c9-8(10,11)6-14-7(13)4-2-1-3-5-12/h1-6H2. The minimum Gasteiger partial charge on any atom is -0.461 e. The Morgan fingerprint density at radius 1 is 1.21 bits per heavy atom. The Labute approximate surface area is 113 Å². The van der Waals surface area contributed by atoms with Crippen molar-refractivity contribution in [3.63, 3.8) is 0 Å². The summed E-state index contributed by atoms with van der Waals surface area (Å²) in [5.74, 6) is -0.301. The van der Waals surface area contributed by atoms with Crippen molar-refractivity contribution in [3.05, 3.63) is 0 Å². The maximum absolute atomic E-state index is 11.1.